The van der Waals surface area contributed by atoms with E-state index in [4.69, 9.17) is 14.0 Å². The van der Waals surface area contributed by atoms with Gasteiger partial charge in [-0.15, -0.1) is 0 Å². The fourth-order valence-corrected chi connectivity index (χ4v) is 2.23. The van der Waals surface area contributed by atoms with Crippen LogP contribution in [0.4, 0.5) is 0 Å². The van der Waals surface area contributed by atoms with Crippen LogP contribution in [0.15, 0.2) is 12.4 Å². The van der Waals surface area contributed by atoms with E-state index in [1.54, 1.807) is 0 Å². The molecule has 5 nitrogen and oxygen atoms in total. The number of hydrogen-bond donors (Lipinski definition) is 0. The molecule has 2 aliphatic heterocycles. The predicted molar refractivity (Wildman–Crippen MR) is 75.8 cm³/mol. The largest absolute Gasteiger partial charge is 0.498 e. The van der Waals surface area contributed by atoms with Crippen molar-refractivity contribution in [1.82, 2.24) is 9.97 Å². The van der Waals surface area contributed by atoms with Gasteiger partial charge in [0, 0.05) is 30.2 Å². The van der Waals surface area contributed by atoms with E-state index in [0.29, 0.717) is 5.92 Å². The summed E-state index contributed by atoms with van der Waals surface area (Å²) in [6.07, 6.45) is 4.50. The first kappa shape index (κ1) is 14.0. The minimum atomic E-state index is -0.388. The fourth-order valence-electron chi connectivity index (χ4n) is 2.23. The quantitative estimate of drug-likeness (QED) is 0.770. The van der Waals surface area contributed by atoms with Gasteiger partial charge >= 0.3 is 7.12 Å². The van der Waals surface area contributed by atoms with Gasteiger partial charge in [0.05, 0.1) is 24.4 Å². The minimum Gasteiger partial charge on any atom is -0.399 e. The van der Waals surface area contributed by atoms with E-state index < -0.39 is 0 Å². The molecule has 0 atom stereocenters. The molecule has 0 spiro atoms. The summed E-state index contributed by atoms with van der Waals surface area (Å²) in [4.78, 5) is 8.83. The number of ether oxygens (including phenoxy) is 1. The zero-order valence-electron chi connectivity index (χ0n) is 12.5. The Labute approximate surface area is 120 Å². The fraction of sp³-hybridized carbons (Fsp3) is 0.714. The number of hydrogen-bond acceptors (Lipinski definition) is 5. The molecular formula is C14H21BN2O3. The highest BCUT2D eigenvalue weighted by atomic mass is 16.7. The van der Waals surface area contributed by atoms with E-state index in [1.807, 2.05) is 40.1 Å². The third-order valence-corrected chi connectivity index (χ3v) is 4.43. The maximum absolute atomic E-state index is 5.98. The van der Waals surface area contributed by atoms with E-state index in [9.17, 15) is 0 Å². The van der Waals surface area contributed by atoms with Gasteiger partial charge in [0.1, 0.15) is 5.82 Å². The average Bonchev–Trinajstić information content (AvgIpc) is 2.54. The van der Waals surface area contributed by atoms with Crippen LogP contribution >= 0.6 is 0 Å². The molecule has 1 aromatic heterocycles. The molecule has 2 aliphatic rings. The Balaban J connectivity index is 1.69. The summed E-state index contributed by atoms with van der Waals surface area (Å²) >= 11 is 0. The molecule has 1 aromatic rings. The molecule has 0 saturated carbocycles. The summed E-state index contributed by atoms with van der Waals surface area (Å²) in [7, 11) is -0.388. The maximum Gasteiger partial charge on any atom is 0.498 e. The second-order valence-corrected chi connectivity index (χ2v) is 6.63. The van der Waals surface area contributed by atoms with Crippen molar-refractivity contribution in [3.05, 3.63) is 18.2 Å². The summed E-state index contributed by atoms with van der Waals surface area (Å²) in [5.74, 6) is 1.43. The Bertz CT molecular complexity index is 470. The maximum atomic E-state index is 5.98. The van der Waals surface area contributed by atoms with Crippen LogP contribution in [-0.4, -0.2) is 41.5 Å². The van der Waals surface area contributed by atoms with Gasteiger partial charge in [0.2, 0.25) is 0 Å². The van der Waals surface area contributed by atoms with Gasteiger partial charge in [-0.3, -0.25) is 0 Å². The molecule has 0 aromatic carbocycles. The Kier molecular flexibility index (Phi) is 3.35. The standard InChI is InChI=1S/C14H21BN2O3/c1-13(2)14(3,4)20-15(19-13)11-6-16-12(17-7-11)5-10-8-18-9-10/h6-7,10H,5,8-9H2,1-4H3. The van der Waals surface area contributed by atoms with Gasteiger partial charge in [-0.1, -0.05) is 0 Å². The highest BCUT2D eigenvalue weighted by Gasteiger charge is 2.51. The van der Waals surface area contributed by atoms with Crippen molar-refractivity contribution in [1.29, 1.82) is 0 Å². The van der Waals surface area contributed by atoms with Crippen molar-refractivity contribution in [3.8, 4) is 0 Å². The lowest BCUT2D eigenvalue weighted by atomic mass is 9.81. The highest BCUT2D eigenvalue weighted by molar-refractivity contribution is 6.61. The summed E-state index contributed by atoms with van der Waals surface area (Å²) < 4.78 is 17.1. The molecule has 0 unspecified atom stereocenters. The second-order valence-electron chi connectivity index (χ2n) is 6.63. The lowest BCUT2D eigenvalue weighted by Crippen LogP contribution is -2.41. The molecule has 0 amide bonds. The summed E-state index contributed by atoms with van der Waals surface area (Å²) in [6, 6.07) is 0. The third kappa shape index (κ3) is 2.48. The van der Waals surface area contributed by atoms with Gasteiger partial charge in [-0.05, 0) is 27.7 Å². The molecule has 2 fully saturated rings. The zero-order chi connectivity index (χ0) is 14.4. The van der Waals surface area contributed by atoms with E-state index >= 15 is 0 Å². The summed E-state index contributed by atoms with van der Waals surface area (Å²) in [5.41, 5.74) is 0.205. The van der Waals surface area contributed by atoms with Crippen LogP contribution in [0.1, 0.15) is 33.5 Å². The molecule has 0 radical (unpaired) electrons. The van der Waals surface area contributed by atoms with E-state index in [2.05, 4.69) is 9.97 Å². The molecule has 6 heteroatoms. The van der Waals surface area contributed by atoms with Crippen LogP contribution in [0.2, 0.25) is 0 Å². The van der Waals surface area contributed by atoms with Crippen LogP contribution in [0.25, 0.3) is 0 Å². The van der Waals surface area contributed by atoms with Crippen molar-refractivity contribution < 1.29 is 14.0 Å². The second kappa shape index (κ2) is 4.79. The lowest BCUT2D eigenvalue weighted by molar-refractivity contribution is -0.0321. The molecule has 2 saturated heterocycles. The minimum absolute atomic E-state index is 0.334. The highest BCUT2D eigenvalue weighted by Crippen LogP contribution is 2.36. The van der Waals surface area contributed by atoms with Crippen LogP contribution in [0, 0.1) is 5.92 Å². The van der Waals surface area contributed by atoms with Gasteiger partial charge in [-0.25, -0.2) is 9.97 Å². The number of aromatic nitrogens is 2. The number of nitrogens with zero attached hydrogens (tertiary/aromatic N) is 2. The normalized spacial score (nSPS) is 24.7. The predicted octanol–water partition coefficient (Wildman–Crippen LogP) is 0.965. The molecule has 0 N–H and O–H groups in total. The Hall–Kier alpha value is -0.975. The Morgan fingerprint density at radius 2 is 1.65 bits per heavy atom. The molecule has 3 rings (SSSR count). The van der Waals surface area contributed by atoms with Gasteiger partial charge in [-0.2, -0.15) is 0 Å². The van der Waals surface area contributed by atoms with E-state index in [-0.39, 0.29) is 18.3 Å². The smallest absolute Gasteiger partial charge is 0.399 e. The molecular weight excluding hydrogens is 255 g/mol. The van der Waals surface area contributed by atoms with Crippen molar-refractivity contribution in [2.45, 2.75) is 45.3 Å². The molecule has 0 aliphatic carbocycles. The Morgan fingerprint density at radius 1 is 1.10 bits per heavy atom. The SMILES string of the molecule is CC1(C)OB(c2cnc(CC3COC3)nc2)OC1(C)C. The average molecular weight is 276 g/mol. The van der Waals surface area contributed by atoms with Crippen LogP contribution in [0.3, 0.4) is 0 Å². The zero-order valence-corrected chi connectivity index (χ0v) is 12.5. The van der Waals surface area contributed by atoms with Gasteiger partial charge in [0.15, 0.2) is 0 Å². The first-order valence-corrected chi connectivity index (χ1v) is 7.11. The number of rotatable bonds is 3. The molecule has 0 bridgehead atoms. The van der Waals surface area contributed by atoms with Crippen molar-refractivity contribution in [2.75, 3.05) is 13.2 Å². The van der Waals surface area contributed by atoms with Crippen LogP contribution in [-0.2, 0) is 20.5 Å². The topological polar surface area (TPSA) is 53.5 Å². The van der Waals surface area contributed by atoms with Crippen LogP contribution < -0.4 is 5.46 Å². The third-order valence-electron chi connectivity index (χ3n) is 4.43. The van der Waals surface area contributed by atoms with Crippen LogP contribution in [0.5, 0.6) is 0 Å². The first-order valence-electron chi connectivity index (χ1n) is 7.11. The summed E-state index contributed by atoms with van der Waals surface area (Å²) in [5, 5.41) is 0. The van der Waals surface area contributed by atoms with Gasteiger partial charge < -0.3 is 14.0 Å². The lowest BCUT2D eigenvalue weighted by Gasteiger charge is -2.32. The van der Waals surface area contributed by atoms with Crippen molar-refractivity contribution >= 4 is 12.6 Å². The summed E-state index contributed by atoms with van der Waals surface area (Å²) in [6.45, 7) is 9.81. The van der Waals surface area contributed by atoms with Gasteiger partial charge in [0.25, 0.3) is 0 Å². The van der Waals surface area contributed by atoms with E-state index in [0.717, 1.165) is 30.9 Å². The molecule has 3 heterocycles. The molecule has 20 heavy (non-hydrogen) atoms. The first-order chi connectivity index (χ1) is 9.37. The molecule has 108 valence electrons. The van der Waals surface area contributed by atoms with E-state index in [1.165, 1.54) is 0 Å². The van der Waals surface area contributed by atoms with Crippen molar-refractivity contribution in [3.63, 3.8) is 0 Å². The monoisotopic (exact) mass is 276 g/mol. The van der Waals surface area contributed by atoms with Crippen molar-refractivity contribution in [2.24, 2.45) is 5.92 Å². The Morgan fingerprint density at radius 3 is 2.10 bits per heavy atom.